The predicted octanol–water partition coefficient (Wildman–Crippen LogP) is 2.47. The Morgan fingerprint density at radius 1 is 1.50 bits per heavy atom. The Labute approximate surface area is 108 Å². The fourth-order valence-electron chi connectivity index (χ4n) is 1.81. The van der Waals surface area contributed by atoms with Gasteiger partial charge < -0.3 is 9.47 Å². The van der Waals surface area contributed by atoms with Crippen LogP contribution in [0.5, 0.6) is 5.75 Å². The van der Waals surface area contributed by atoms with Gasteiger partial charge in [0.05, 0.1) is 13.3 Å². The molecule has 0 radical (unpaired) electrons. The van der Waals surface area contributed by atoms with Crippen LogP contribution in [0.15, 0.2) is 6.20 Å². The molecule has 0 aliphatic carbocycles. The van der Waals surface area contributed by atoms with Crippen molar-refractivity contribution >= 4 is 5.78 Å². The topological polar surface area (TPSA) is 53.4 Å². The molecule has 0 unspecified atom stereocenters. The van der Waals surface area contributed by atoms with Crippen LogP contribution in [-0.4, -0.2) is 34.9 Å². The Morgan fingerprint density at radius 2 is 2.11 bits per heavy atom. The summed E-state index contributed by atoms with van der Waals surface area (Å²) < 4.78 is 12.4. The molecule has 0 saturated carbocycles. The van der Waals surface area contributed by atoms with E-state index in [0.717, 1.165) is 0 Å². The van der Waals surface area contributed by atoms with Crippen LogP contribution >= 0.6 is 0 Å². The summed E-state index contributed by atoms with van der Waals surface area (Å²) in [5.74, 6) is 0.369. The summed E-state index contributed by atoms with van der Waals surface area (Å²) in [5.41, 5.74) is -0.416. The fraction of sp³-hybridized carbons (Fsp3) is 0.692. The van der Waals surface area contributed by atoms with E-state index in [4.69, 9.17) is 9.47 Å². The van der Waals surface area contributed by atoms with Gasteiger partial charge in [-0.15, -0.1) is 0 Å². The summed E-state index contributed by atoms with van der Waals surface area (Å²) in [5, 5.41) is 4.20. The summed E-state index contributed by atoms with van der Waals surface area (Å²) in [4.78, 5) is 12.6. The van der Waals surface area contributed by atoms with Crippen molar-refractivity contribution in [1.82, 2.24) is 9.78 Å². The smallest absolute Gasteiger partial charge is 0.215 e. The number of ether oxygens (including phenoxy) is 2. The number of rotatable bonds is 6. The predicted molar refractivity (Wildman–Crippen MR) is 69.2 cm³/mol. The summed E-state index contributed by atoms with van der Waals surface area (Å²) in [7, 11) is 1.53. The van der Waals surface area contributed by atoms with E-state index in [1.165, 1.54) is 7.11 Å². The lowest BCUT2D eigenvalue weighted by Crippen LogP contribution is -2.37. The molecule has 0 aliphatic rings. The third-order valence-corrected chi connectivity index (χ3v) is 2.74. The highest BCUT2D eigenvalue weighted by Crippen LogP contribution is 2.27. The highest BCUT2D eigenvalue weighted by atomic mass is 16.5. The molecular formula is C13H22N2O3. The monoisotopic (exact) mass is 254 g/mol. The van der Waals surface area contributed by atoms with Gasteiger partial charge in [0, 0.05) is 12.6 Å². The lowest BCUT2D eigenvalue weighted by atomic mass is 10.00. The lowest BCUT2D eigenvalue weighted by Gasteiger charge is -2.24. The van der Waals surface area contributed by atoms with E-state index in [1.54, 1.807) is 24.7 Å². The van der Waals surface area contributed by atoms with Crippen molar-refractivity contribution in [3.05, 3.63) is 11.9 Å². The van der Waals surface area contributed by atoms with E-state index < -0.39 is 5.60 Å². The maximum atomic E-state index is 12.6. The maximum Gasteiger partial charge on any atom is 0.215 e. The SMILES string of the molecule is CCOC(C)(C)C(=O)c1c(OC)cnn1C(C)C. The van der Waals surface area contributed by atoms with E-state index in [1.807, 2.05) is 20.8 Å². The van der Waals surface area contributed by atoms with E-state index in [-0.39, 0.29) is 11.8 Å². The van der Waals surface area contributed by atoms with Gasteiger partial charge in [0.25, 0.3) is 0 Å². The fourth-order valence-corrected chi connectivity index (χ4v) is 1.81. The normalized spacial score (nSPS) is 11.9. The Hall–Kier alpha value is -1.36. The van der Waals surface area contributed by atoms with Crippen molar-refractivity contribution < 1.29 is 14.3 Å². The molecular weight excluding hydrogens is 232 g/mol. The summed E-state index contributed by atoms with van der Waals surface area (Å²) in [6.45, 7) is 9.81. The van der Waals surface area contributed by atoms with Gasteiger partial charge in [0.2, 0.25) is 5.78 Å². The first kappa shape index (κ1) is 14.7. The molecule has 0 atom stereocenters. The molecule has 5 heteroatoms. The minimum atomic E-state index is -0.880. The highest BCUT2D eigenvalue weighted by molar-refractivity contribution is 6.02. The molecule has 1 rings (SSSR count). The second kappa shape index (κ2) is 5.52. The van der Waals surface area contributed by atoms with Crippen LogP contribution in [0.3, 0.4) is 0 Å². The standard InChI is InChI=1S/C13H22N2O3/c1-7-18-13(4,5)12(16)11-10(17-6)8-14-15(11)9(2)3/h8-9H,7H2,1-6H3. The van der Waals surface area contributed by atoms with Gasteiger partial charge in [-0.3, -0.25) is 9.48 Å². The van der Waals surface area contributed by atoms with Gasteiger partial charge in [0.1, 0.15) is 11.3 Å². The number of carbonyl (C=O) groups is 1. The van der Waals surface area contributed by atoms with Crippen LogP contribution in [0.4, 0.5) is 0 Å². The molecule has 0 fully saturated rings. The molecule has 0 aliphatic heterocycles. The van der Waals surface area contributed by atoms with Crippen LogP contribution in [0.25, 0.3) is 0 Å². The number of aromatic nitrogens is 2. The van der Waals surface area contributed by atoms with Gasteiger partial charge in [-0.2, -0.15) is 5.10 Å². The number of carbonyl (C=O) groups excluding carboxylic acids is 1. The van der Waals surface area contributed by atoms with Crippen LogP contribution in [-0.2, 0) is 4.74 Å². The minimum Gasteiger partial charge on any atom is -0.493 e. The Bertz CT molecular complexity index is 422. The first-order valence-electron chi connectivity index (χ1n) is 6.15. The van der Waals surface area contributed by atoms with Gasteiger partial charge >= 0.3 is 0 Å². The van der Waals surface area contributed by atoms with Crippen molar-refractivity contribution in [1.29, 1.82) is 0 Å². The highest BCUT2D eigenvalue weighted by Gasteiger charge is 2.34. The van der Waals surface area contributed by atoms with Gasteiger partial charge in [-0.1, -0.05) is 0 Å². The first-order chi connectivity index (χ1) is 8.35. The number of Topliss-reactive ketones (excluding diaryl/α,β-unsaturated/α-hetero) is 1. The molecule has 1 aromatic heterocycles. The van der Waals surface area contributed by atoms with Crippen molar-refractivity contribution in [2.45, 2.75) is 46.3 Å². The Morgan fingerprint density at radius 3 is 2.56 bits per heavy atom. The molecule has 1 aromatic rings. The number of methoxy groups -OCH3 is 1. The zero-order valence-corrected chi connectivity index (χ0v) is 12.0. The molecule has 0 spiro atoms. The minimum absolute atomic E-state index is 0.0882. The zero-order valence-electron chi connectivity index (χ0n) is 12.0. The quantitative estimate of drug-likeness (QED) is 0.732. The third-order valence-electron chi connectivity index (χ3n) is 2.74. The summed E-state index contributed by atoms with van der Waals surface area (Å²) in [6, 6.07) is 0.0882. The van der Waals surface area contributed by atoms with Crippen LogP contribution in [0, 0.1) is 0 Å². The zero-order chi connectivity index (χ0) is 13.9. The molecule has 0 N–H and O–H groups in total. The first-order valence-corrected chi connectivity index (χ1v) is 6.15. The molecule has 1 heterocycles. The van der Waals surface area contributed by atoms with Crippen LogP contribution in [0.1, 0.15) is 51.1 Å². The van der Waals surface area contributed by atoms with Crippen LogP contribution in [0.2, 0.25) is 0 Å². The second-order valence-corrected chi connectivity index (χ2v) is 4.87. The average Bonchev–Trinajstić information content (AvgIpc) is 2.71. The molecule has 0 bridgehead atoms. The Kier molecular flexibility index (Phi) is 4.51. The van der Waals surface area contributed by atoms with E-state index in [2.05, 4.69) is 5.10 Å². The summed E-state index contributed by atoms with van der Waals surface area (Å²) >= 11 is 0. The van der Waals surface area contributed by atoms with Gasteiger partial charge in [0.15, 0.2) is 5.75 Å². The summed E-state index contributed by atoms with van der Waals surface area (Å²) in [6.07, 6.45) is 1.56. The van der Waals surface area contributed by atoms with E-state index in [0.29, 0.717) is 18.1 Å². The van der Waals surface area contributed by atoms with E-state index >= 15 is 0 Å². The lowest BCUT2D eigenvalue weighted by molar-refractivity contribution is 0.000168. The van der Waals surface area contributed by atoms with Gasteiger partial charge in [-0.05, 0) is 34.6 Å². The molecule has 102 valence electrons. The molecule has 5 nitrogen and oxygen atoms in total. The number of hydrogen-bond acceptors (Lipinski definition) is 4. The van der Waals surface area contributed by atoms with Gasteiger partial charge in [-0.25, -0.2) is 0 Å². The van der Waals surface area contributed by atoms with Crippen molar-refractivity contribution in [2.24, 2.45) is 0 Å². The molecule has 0 saturated heterocycles. The molecule has 18 heavy (non-hydrogen) atoms. The number of nitrogens with zero attached hydrogens (tertiary/aromatic N) is 2. The van der Waals surface area contributed by atoms with Crippen LogP contribution < -0.4 is 4.74 Å². The maximum absolute atomic E-state index is 12.6. The average molecular weight is 254 g/mol. The van der Waals surface area contributed by atoms with E-state index in [9.17, 15) is 4.79 Å². The number of ketones is 1. The molecule has 0 aromatic carbocycles. The van der Waals surface area contributed by atoms with Crippen molar-refractivity contribution in [3.8, 4) is 5.75 Å². The Balaban J connectivity index is 3.22. The largest absolute Gasteiger partial charge is 0.493 e. The van der Waals surface area contributed by atoms with Crippen molar-refractivity contribution in [2.75, 3.05) is 13.7 Å². The molecule has 0 amide bonds. The van der Waals surface area contributed by atoms with Crippen molar-refractivity contribution in [3.63, 3.8) is 0 Å². The third kappa shape index (κ3) is 2.72. The number of hydrogen-bond donors (Lipinski definition) is 0. The second-order valence-electron chi connectivity index (χ2n) is 4.87.